The Labute approximate surface area is 170 Å². The predicted octanol–water partition coefficient (Wildman–Crippen LogP) is 2.69. The average molecular weight is 438 g/mol. The topological polar surface area (TPSA) is 107 Å². The molecule has 156 valence electrons. The normalized spacial score (nSPS) is 18.5. The fourth-order valence-corrected chi connectivity index (χ4v) is 7.54. The number of carbonyl (C=O) groups excluding carboxylic acids is 1. The summed E-state index contributed by atoms with van der Waals surface area (Å²) in [4.78, 5) is 12.6. The van der Waals surface area contributed by atoms with Gasteiger partial charge >= 0.3 is 0 Å². The van der Waals surface area contributed by atoms with Gasteiger partial charge in [-0.2, -0.15) is 0 Å². The first kappa shape index (κ1) is 21.3. The number of amides is 1. The van der Waals surface area contributed by atoms with Crippen molar-refractivity contribution in [3.05, 3.63) is 54.1 Å². The van der Waals surface area contributed by atoms with Crippen LogP contribution in [-0.4, -0.2) is 45.6 Å². The number of hydrogen-bond donors (Lipinski definition) is 1. The summed E-state index contributed by atoms with van der Waals surface area (Å²) in [5.74, 6) is -0.494. The third-order valence-electron chi connectivity index (χ3n) is 4.55. The van der Waals surface area contributed by atoms with Crippen molar-refractivity contribution in [3.8, 4) is 5.75 Å². The minimum absolute atomic E-state index is 0.0565. The predicted molar refractivity (Wildman–Crippen MR) is 111 cm³/mol. The molecule has 1 unspecified atom stereocenters. The molecule has 1 atom stereocenters. The zero-order valence-corrected chi connectivity index (χ0v) is 17.8. The van der Waals surface area contributed by atoms with Gasteiger partial charge in [-0.1, -0.05) is 18.2 Å². The Kier molecular flexibility index (Phi) is 6.00. The number of hydrogen-bond acceptors (Lipinski definition) is 6. The smallest absolute Gasteiger partial charge is 0.255 e. The molecule has 1 amide bonds. The zero-order chi connectivity index (χ0) is 21.2. The Balaban J connectivity index is 1.84. The summed E-state index contributed by atoms with van der Waals surface area (Å²) in [7, 11) is -7.19. The SMILES string of the molecule is CC(C)Oc1ccccc1NC(=O)c1cccc(S(=O)(=O)C2CCS(=O)(=O)C2)c1. The molecule has 1 aliphatic rings. The van der Waals surface area contributed by atoms with Gasteiger partial charge in [0.1, 0.15) is 5.75 Å². The summed E-state index contributed by atoms with van der Waals surface area (Å²) in [6.07, 6.45) is -0.00899. The van der Waals surface area contributed by atoms with Crippen molar-refractivity contribution in [1.29, 1.82) is 0 Å². The van der Waals surface area contributed by atoms with Crippen molar-refractivity contribution in [2.75, 3.05) is 16.8 Å². The van der Waals surface area contributed by atoms with Gasteiger partial charge in [0.05, 0.1) is 33.4 Å². The number of sulfone groups is 2. The lowest BCUT2D eigenvalue weighted by Gasteiger charge is -2.15. The van der Waals surface area contributed by atoms with Crippen LogP contribution in [0.25, 0.3) is 0 Å². The molecule has 0 radical (unpaired) electrons. The largest absolute Gasteiger partial charge is 0.489 e. The Hall–Kier alpha value is -2.39. The van der Waals surface area contributed by atoms with E-state index >= 15 is 0 Å². The number of benzene rings is 2. The summed E-state index contributed by atoms with van der Waals surface area (Å²) < 4.78 is 54.6. The second-order valence-corrected chi connectivity index (χ2v) is 11.7. The minimum Gasteiger partial charge on any atom is -0.489 e. The van der Waals surface area contributed by atoms with E-state index in [1.54, 1.807) is 24.3 Å². The molecule has 1 heterocycles. The van der Waals surface area contributed by atoms with Crippen molar-refractivity contribution in [3.63, 3.8) is 0 Å². The number of anilines is 1. The summed E-state index contributed by atoms with van der Waals surface area (Å²) >= 11 is 0. The third-order valence-corrected chi connectivity index (χ3v) is 8.72. The van der Waals surface area contributed by atoms with Crippen LogP contribution < -0.4 is 10.1 Å². The summed E-state index contributed by atoms with van der Waals surface area (Å²) in [5, 5.41) is 1.76. The van der Waals surface area contributed by atoms with E-state index < -0.39 is 30.8 Å². The quantitative estimate of drug-likeness (QED) is 0.745. The monoisotopic (exact) mass is 437 g/mol. The van der Waals surface area contributed by atoms with Gasteiger partial charge in [0, 0.05) is 5.56 Å². The highest BCUT2D eigenvalue weighted by Crippen LogP contribution is 2.28. The molecule has 0 saturated carbocycles. The van der Waals surface area contributed by atoms with Gasteiger partial charge in [0.2, 0.25) is 0 Å². The molecule has 3 rings (SSSR count). The van der Waals surface area contributed by atoms with Gasteiger partial charge in [-0.05, 0) is 50.6 Å². The van der Waals surface area contributed by atoms with Crippen LogP contribution >= 0.6 is 0 Å². The molecule has 0 bridgehead atoms. The summed E-state index contributed by atoms with van der Waals surface area (Å²) in [6, 6.07) is 12.6. The Morgan fingerprint density at radius 1 is 1.14 bits per heavy atom. The van der Waals surface area contributed by atoms with Crippen LogP contribution in [0.4, 0.5) is 5.69 Å². The number of ether oxygens (including phenoxy) is 1. The Bertz CT molecular complexity index is 1120. The van der Waals surface area contributed by atoms with Crippen molar-refractivity contribution >= 4 is 31.3 Å². The first-order valence-electron chi connectivity index (χ1n) is 9.20. The van der Waals surface area contributed by atoms with Gasteiger partial charge < -0.3 is 10.1 Å². The molecule has 29 heavy (non-hydrogen) atoms. The maximum Gasteiger partial charge on any atom is 0.255 e. The van der Waals surface area contributed by atoms with Crippen LogP contribution in [0.3, 0.4) is 0 Å². The molecule has 7 nitrogen and oxygen atoms in total. The maximum absolute atomic E-state index is 12.8. The lowest BCUT2D eigenvalue weighted by molar-refractivity contribution is 0.102. The highest BCUT2D eigenvalue weighted by Gasteiger charge is 2.38. The average Bonchev–Trinajstić information content (AvgIpc) is 3.03. The van der Waals surface area contributed by atoms with Crippen molar-refractivity contribution in [2.24, 2.45) is 0 Å². The van der Waals surface area contributed by atoms with Crippen LogP contribution in [0.15, 0.2) is 53.4 Å². The van der Waals surface area contributed by atoms with Crippen molar-refractivity contribution in [1.82, 2.24) is 0 Å². The van der Waals surface area contributed by atoms with Crippen LogP contribution in [0.5, 0.6) is 5.75 Å². The fraction of sp³-hybridized carbons (Fsp3) is 0.350. The summed E-state index contributed by atoms with van der Waals surface area (Å²) in [5.41, 5.74) is 0.632. The number of rotatable bonds is 6. The van der Waals surface area contributed by atoms with E-state index in [4.69, 9.17) is 4.74 Å². The standard InChI is InChI=1S/C20H23NO6S2/c1-14(2)27-19-9-4-3-8-18(19)21-20(22)15-6-5-7-16(12-15)29(25,26)17-10-11-28(23,24)13-17/h3-9,12,14,17H,10-11,13H2,1-2H3,(H,21,22). The molecular formula is C20H23NO6S2. The lowest BCUT2D eigenvalue weighted by atomic mass is 10.2. The second-order valence-electron chi connectivity index (χ2n) is 7.21. The molecule has 9 heteroatoms. The van der Waals surface area contributed by atoms with E-state index in [1.807, 2.05) is 13.8 Å². The first-order valence-corrected chi connectivity index (χ1v) is 12.6. The number of para-hydroxylation sites is 2. The van der Waals surface area contributed by atoms with E-state index in [-0.39, 0.29) is 34.5 Å². The number of carbonyl (C=O) groups is 1. The van der Waals surface area contributed by atoms with E-state index in [1.165, 1.54) is 24.3 Å². The van der Waals surface area contributed by atoms with E-state index in [2.05, 4.69) is 5.32 Å². The van der Waals surface area contributed by atoms with Gasteiger partial charge in [0.15, 0.2) is 19.7 Å². The molecule has 1 N–H and O–H groups in total. The van der Waals surface area contributed by atoms with Crippen LogP contribution in [-0.2, 0) is 19.7 Å². The lowest BCUT2D eigenvalue weighted by Crippen LogP contribution is -2.23. The molecule has 1 fully saturated rings. The van der Waals surface area contributed by atoms with Crippen molar-refractivity contribution in [2.45, 2.75) is 36.5 Å². The molecular weight excluding hydrogens is 414 g/mol. The molecule has 0 spiro atoms. The minimum atomic E-state index is -3.85. The van der Waals surface area contributed by atoms with E-state index in [9.17, 15) is 21.6 Å². The highest BCUT2D eigenvalue weighted by molar-refractivity contribution is 7.96. The van der Waals surface area contributed by atoms with Crippen molar-refractivity contribution < 1.29 is 26.4 Å². The zero-order valence-electron chi connectivity index (χ0n) is 16.2. The third kappa shape index (κ3) is 4.97. The van der Waals surface area contributed by atoms with Crippen LogP contribution in [0.2, 0.25) is 0 Å². The van der Waals surface area contributed by atoms with Gasteiger partial charge in [-0.3, -0.25) is 4.79 Å². The Morgan fingerprint density at radius 3 is 2.52 bits per heavy atom. The molecule has 0 aromatic heterocycles. The summed E-state index contributed by atoms with van der Waals surface area (Å²) in [6.45, 7) is 3.74. The van der Waals surface area contributed by atoms with Gasteiger partial charge in [-0.25, -0.2) is 16.8 Å². The van der Waals surface area contributed by atoms with Crippen LogP contribution in [0.1, 0.15) is 30.6 Å². The second kappa shape index (κ2) is 8.16. The van der Waals surface area contributed by atoms with Crippen LogP contribution in [0, 0.1) is 0 Å². The molecule has 0 aliphatic carbocycles. The molecule has 1 saturated heterocycles. The van der Waals surface area contributed by atoms with E-state index in [0.29, 0.717) is 11.4 Å². The Morgan fingerprint density at radius 2 is 1.86 bits per heavy atom. The molecule has 2 aromatic carbocycles. The molecule has 1 aliphatic heterocycles. The van der Waals surface area contributed by atoms with Gasteiger partial charge in [-0.15, -0.1) is 0 Å². The molecule has 2 aromatic rings. The fourth-order valence-electron chi connectivity index (χ4n) is 3.13. The number of nitrogens with one attached hydrogen (secondary N) is 1. The highest BCUT2D eigenvalue weighted by atomic mass is 32.2. The first-order chi connectivity index (χ1) is 13.6. The van der Waals surface area contributed by atoms with E-state index in [0.717, 1.165) is 0 Å². The maximum atomic E-state index is 12.8. The van der Waals surface area contributed by atoms with Gasteiger partial charge in [0.25, 0.3) is 5.91 Å².